The van der Waals surface area contributed by atoms with E-state index in [-0.39, 0.29) is 11.6 Å². The quantitative estimate of drug-likeness (QED) is 0.867. The van der Waals surface area contributed by atoms with Crippen molar-refractivity contribution in [2.24, 2.45) is 0 Å². The van der Waals surface area contributed by atoms with Crippen LogP contribution >= 0.6 is 0 Å². The number of aryl methyl sites for hydroxylation is 2. The van der Waals surface area contributed by atoms with Gasteiger partial charge in [0.25, 0.3) is 0 Å². The molecule has 0 saturated heterocycles. The molecule has 0 amide bonds. The summed E-state index contributed by atoms with van der Waals surface area (Å²) >= 11 is 0. The number of fused-ring (bicyclic) bond motifs is 1. The highest BCUT2D eigenvalue weighted by atomic mass is 16.5. The number of hydrogen-bond acceptors (Lipinski definition) is 3. The Morgan fingerprint density at radius 1 is 1.26 bits per heavy atom. The van der Waals surface area contributed by atoms with E-state index in [1.54, 1.807) is 0 Å². The summed E-state index contributed by atoms with van der Waals surface area (Å²) in [6.07, 6.45) is 0. The van der Waals surface area contributed by atoms with E-state index in [1.165, 1.54) is 5.56 Å². The van der Waals surface area contributed by atoms with E-state index in [0.717, 1.165) is 22.8 Å². The van der Waals surface area contributed by atoms with Crippen molar-refractivity contribution < 1.29 is 4.74 Å². The molecule has 100 valence electrons. The van der Waals surface area contributed by atoms with Crippen LogP contribution in [-0.2, 0) is 0 Å². The minimum atomic E-state index is -0.278. The lowest BCUT2D eigenvalue weighted by atomic mass is 9.94. The van der Waals surface area contributed by atoms with E-state index >= 15 is 0 Å². The molecule has 1 aromatic carbocycles. The molecule has 0 spiro atoms. The third-order valence-corrected chi connectivity index (χ3v) is 3.72. The predicted octanol–water partition coefficient (Wildman–Crippen LogP) is 3.35. The van der Waals surface area contributed by atoms with E-state index in [0.29, 0.717) is 0 Å². The summed E-state index contributed by atoms with van der Waals surface area (Å²) in [5, 5.41) is 10.8. The van der Waals surface area contributed by atoms with Crippen molar-refractivity contribution in [3.63, 3.8) is 0 Å². The van der Waals surface area contributed by atoms with E-state index in [9.17, 15) is 0 Å². The van der Waals surface area contributed by atoms with Gasteiger partial charge in [-0.2, -0.15) is 5.10 Å². The second-order valence-corrected chi connectivity index (χ2v) is 5.63. The fourth-order valence-electron chi connectivity index (χ4n) is 2.69. The number of H-pyrrole nitrogens is 1. The summed E-state index contributed by atoms with van der Waals surface area (Å²) < 4.78 is 6.04. The Hall–Kier alpha value is -1.97. The molecule has 0 aliphatic carbocycles. The van der Waals surface area contributed by atoms with Crippen molar-refractivity contribution in [1.29, 1.82) is 0 Å². The molecule has 0 bridgehead atoms. The van der Waals surface area contributed by atoms with E-state index in [2.05, 4.69) is 35.4 Å². The molecule has 2 N–H and O–H groups in total. The molecule has 4 nitrogen and oxygen atoms in total. The fourth-order valence-corrected chi connectivity index (χ4v) is 2.69. The van der Waals surface area contributed by atoms with Gasteiger partial charge in [-0.05, 0) is 33.8 Å². The first-order valence-corrected chi connectivity index (χ1v) is 6.55. The van der Waals surface area contributed by atoms with Crippen molar-refractivity contribution >= 4 is 5.69 Å². The number of benzene rings is 1. The highest BCUT2D eigenvalue weighted by molar-refractivity contribution is 5.56. The second kappa shape index (κ2) is 4.02. The van der Waals surface area contributed by atoms with Crippen LogP contribution in [0, 0.1) is 13.8 Å². The van der Waals surface area contributed by atoms with Gasteiger partial charge in [0.05, 0.1) is 23.1 Å². The Morgan fingerprint density at radius 2 is 2.00 bits per heavy atom. The first-order chi connectivity index (χ1) is 8.99. The molecule has 1 aliphatic rings. The molecule has 0 saturated carbocycles. The van der Waals surface area contributed by atoms with Gasteiger partial charge in [-0.3, -0.25) is 5.10 Å². The molecule has 2 heterocycles. The number of aromatic amines is 1. The molecule has 1 atom stereocenters. The van der Waals surface area contributed by atoms with Gasteiger partial charge in [0.2, 0.25) is 0 Å². The number of hydrogen-bond donors (Lipinski definition) is 2. The van der Waals surface area contributed by atoms with Crippen LogP contribution in [-0.4, -0.2) is 15.8 Å². The molecular weight excluding hydrogens is 238 g/mol. The van der Waals surface area contributed by atoms with Crippen molar-refractivity contribution in [2.45, 2.75) is 39.3 Å². The van der Waals surface area contributed by atoms with E-state index < -0.39 is 0 Å². The lowest BCUT2D eigenvalue weighted by Gasteiger charge is -2.28. The third kappa shape index (κ3) is 1.87. The lowest BCUT2D eigenvalue weighted by molar-refractivity contribution is 0.118. The lowest BCUT2D eigenvalue weighted by Crippen LogP contribution is -2.35. The zero-order valence-electron chi connectivity index (χ0n) is 11.7. The van der Waals surface area contributed by atoms with Crippen LogP contribution in [0.3, 0.4) is 0 Å². The van der Waals surface area contributed by atoms with Gasteiger partial charge in [-0.15, -0.1) is 0 Å². The Bertz CT molecular complexity index is 596. The Kier molecular flexibility index (Phi) is 2.55. The van der Waals surface area contributed by atoms with Crippen LogP contribution in [0.5, 0.6) is 5.75 Å². The molecule has 1 aromatic heterocycles. The minimum absolute atomic E-state index is 0.124. The monoisotopic (exact) mass is 257 g/mol. The van der Waals surface area contributed by atoms with Gasteiger partial charge in [0.1, 0.15) is 11.4 Å². The van der Waals surface area contributed by atoms with Crippen LogP contribution in [0.4, 0.5) is 5.69 Å². The molecule has 19 heavy (non-hydrogen) atoms. The summed E-state index contributed by atoms with van der Waals surface area (Å²) in [6, 6.07) is 8.32. The first-order valence-electron chi connectivity index (χ1n) is 6.55. The number of anilines is 1. The van der Waals surface area contributed by atoms with Gasteiger partial charge in [0, 0.05) is 5.56 Å². The van der Waals surface area contributed by atoms with E-state index in [1.807, 2.05) is 32.0 Å². The SMILES string of the molecule is Cc1n[nH]c(C)c1NC1c2ccccc2OC1(C)C. The normalized spacial score (nSPS) is 19.9. The van der Waals surface area contributed by atoms with Crippen LogP contribution in [0.2, 0.25) is 0 Å². The third-order valence-electron chi connectivity index (χ3n) is 3.72. The van der Waals surface area contributed by atoms with E-state index in [4.69, 9.17) is 4.74 Å². The number of aromatic nitrogens is 2. The maximum Gasteiger partial charge on any atom is 0.128 e. The second-order valence-electron chi connectivity index (χ2n) is 5.63. The average molecular weight is 257 g/mol. The predicted molar refractivity (Wildman–Crippen MR) is 75.6 cm³/mol. The number of nitrogens with one attached hydrogen (secondary N) is 2. The van der Waals surface area contributed by atoms with Crippen molar-refractivity contribution in [3.8, 4) is 5.75 Å². The smallest absolute Gasteiger partial charge is 0.128 e. The van der Waals surface area contributed by atoms with Crippen molar-refractivity contribution in [3.05, 3.63) is 41.2 Å². The minimum Gasteiger partial charge on any atom is -0.485 e. The average Bonchev–Trinajstić information content (AvgIpc) is 2.80. The molecular formula is C15H19N3O. The van der Waals surface area contributed by atoms with Crippen LogP contribution in [0.15, 0.2) is 24.3 Å². The van der Waals surface area contributed by atoms with Gasteiger partial charge >= 0.3 is 0 Å². The Morgan fingerprint density at radius 3 is 2.68 bits per heavy atom. The topological polar surface area (TPSA) is 49.9 Å². The van der Waals surface area contributed by atoms with Crippen LogP contribution < -0.4 is 10.1 Å². The zero-order chi connectivity index (χ0) is 13.6. The molecule has 4 heteroatoms. The van der Waals surface area contributed by atoms with Crippen molar-refractivity contribution in [1.82, 2.24) is 10.2 Å². The van der Waals surface area contributed by atoms with Gasteiger partial charge in [0.15, 0.2) is 0 Å². The molecule has 1 unspecified atom stereocenters. The summed E-state index contributed by atoms with van der Waals surface area (Å²) in [4.78, 5) is 0. The molecule has 3 rings (SSSR count). The fraction of sp³-hybridized carbons (Fsp3) is 0.400. The summed E-state index contributed by atoms with van der Waals surface area (Å²) in [5.74, 6) is 0.962. The zero-order valence-corrected chi connectivity index (χ0v) is 11.7. The highest BCUT2D eigenvalue weighted by Gasteiger charge is 2.41. The standard InChI is InChI=1S/C15H19N3O/c1-9-13(10(2)18-17-9)16-14-11-7-5-6-8-12(11)19-15(14,3)4/h5-8,14,16H,1-4H3,(H,17,18). The number of nitrogens with zero attached hydrogens (tertiary/aromatic N) is 1. The Labute approximate surface area is 113 Å². The summed E-state index contributed by atoms with van der Waals surface area (Å²) in [7, 11) is 0. The summed E-state index contributed by atoms with van der Waals surface area (Å²) in [5.41, 5.74) is 4.03. The molecule has 2 aromatic rings. The van der Waals surface area contributed by atoms with Gasteiger partial charge in [-0.1, -0.05) is 18.2 Å². The molecule has 1 aliphatic heterocycles. The first kappa shape index (κ1) is 12.1. The number of rotatable bonds is 2. The van der Waals surface area contributed by atoms with Gasteiger partial charge < -0.3 is 10.1 Å². The van der Waals surface area contributed by atoms with Crippen LogP contribution in [0.1, 0.15) is 36.8 Å². The Balaban J connectivity index is 2.00. The highest BCUT2D eigenvalue weighted by Crippen LogP contribution is 2.44. The molecule has 0 radical (unpaired) electrons. The number of para-hydroxylation sites is 1. The number of ether oxygens (including phenoxy) is 1. The maximum absolute atomic E-state index is 6.04. The van der Waals surface area contributed by atoms with Crippen molar-refractivity contribution in [2.75, 3.05) is 5.32 Å². The van der Waals surface area contributed by atoms with Crippen LogP contribution in [0.25, 0.3) is 0 Å². The maximum atomic E-state index is 6.04. The van der Waals surface area contributed by atoms with Gasteiger partial charge in [-0.25, -0.2) is 0 Å². The summed E-state index contributed by atoms with van der Waals surface area (Å²) in [6.45, 7) is 8.24. The largest absolute Gasteiger partial charge is 0.485 e. The molecule has 0 fully saturated rings.